The number of nitrogens with one attached hydrogen (secondary N) is 1. The lowest BCUT2D eigenvalue weighted by atomic mass is 10.1. The number of hydrogen-bond donors (Lipinski definition) is 2. The number of nitrogens with two attached hydrogens (primary N) is 1. The third-order valence-electron chi connectivity index (χ3n) is 3.37. The van der Waals surface area contributed by atoms with E-state index in [2.05, 4.69) is 16.6 Å². The van der Waals surface area contributed by atoms with Crippen molar-refractivity contribution < 1.29 is 4.74 Å². The van der Waals surface area contributed by atoms with Gasteiger partial charge in [-0.15, -0.1) is 0 Å². The molecule has 0 radical (unpaired) electrons. The number of nitrogens with zero attached hydrogens (tertiary/aromatic N) is 2. The van der Waals surface area contributed by atoms with E-state index in [4.69, 9.17) is 10.6 Å². The molecule has 1 aromatic heterocycles. The summed E-state index contributed by atoms with van der Waals surface area (Å²) in [5.41, 5.74) is 4.82. The molecule has 3 rings (SSSR count). The smallest absolute Gasteiger partial charge is 0.115 e. The third-order valence-corrected chi connectivity index (χ3v) is 3.37. The number of allylic oxidation sites excluding steroid dienone is 1. The van der Waals surface area contributed by atoms with Gasteiger partial charge in [-0.05, 0) is 31.1 Å². The van der Waals surface area contributed by atoms with Crippen molar-refractivity contribution in [1.29, 1.82) is 0 Å². The fraction of sp³-hybridized carbons (Fsp3) is 0.267. The molecule has 0 amide bonds. The van der Waals surface area contributed by atoms with E-state index >= 15 is 0 Å². The van der Waals surface area contributed by atoms with E-state index in [0.29, 0.717) is 0 Å². The Morgan fingerprint density at radius 3 is 2.85 bits per heavy atom. The topological polar surface area (TPSA) is 65.1 Å². The van der Waals surface area contributed by atoms with Crippen molar-refractivity contribution in [3.05, 3.63) is 60.1 Å². The van der Waals surface area contributed by atoms with E-state index < -0.39 is 0 Å². The molecule has 1 atom stereocenters. The van der Waals surface area contributed by atoms with Crippen molar-refractivity contribution in [3.63, 3.8) is 0 Å². The van der Waals surface area contributed by atoms with Crippen molar-refractivity contribution in [2.24, 2.45) is 5.84 Å². The highest BCUT2D eigenvalue weighted by atomic mass is 16.5. The van der Waals surface area contributed by atoms with Crippen molar-refractivity contribution in [3.8, 4) is 5.69 Å². The molecule has 0 aliphatic carbocycles. The molecule has 0 spiro atoms. The summed E-state index contributed by atoms with van der Waals surface area (Å²) in [7, 11) is 0. The monoisotopic (exact) mass is 270 g/mol. The van der Waals surface area contributed by atoms with Gasteiger partial charge in [-0.2, -0.15) is 5.10 Å². The van der Waals surface area contributed by atoms with Crippen LogP contribution >= 0.6 is 0 Å². The number of para-hydroxylation sites is 1. The van der Waals surface area contributed by atoms with Crippen molar-refractivity contribution in [2.45, 2.75) is 18.9 Å². The lowest BCUT2D eigenvalue weighted by molar-refractivity contribution is 0.168. The Bertz CT molecular complexity index is 591. The van der Waals surface area contributed by atoms with Crippen molar-refractivity contribution >= 4 is 0 Å². The minimum Gasteiger partial charge on any atom is -0.496 e. The number of aromatic nitrogens is 2. The van der Waals surface area contributed by atoms with E-state index in [0.717, 1.165) is 36.5 Å². The van der Waals surface area contributed by atoms with Crippen LogP contribution < -0.4 is 11.3 Å². The highest BCUT2D eigenvalue weighted by Crippen LogP contribution is 2.25. The van der Waals surface area contributed by atoms with Crippen LogP contribution in [0, 0.1) is 0 Å². The molecular weight excluding hydrogens is 252 g/mol. The summed E-state index contributed by atoms with van der Waals surface area (Å²) in [6.45, 7) is 0.747. The number of rotatable bonds is 4. The maximum Gasteiger partial charge on any atom is 0.115 e. The Kier molecular flexibility index (Phi) is 3.80. The average Bonchev–Trinajstić information content (AvgIpc) is 3.00. The minimum absolute atomic E-state index is 0.146. The first-order valence-corrected chi connectivity index (χ1v) is 6.77. The number of hydrazine groups is 1. The molecule has 2 heterocycles. The molecule has 0 saturated heterocycles. The van der Waals surface area contributed by atoms with Gasteiger partial charge in [-0.3, -0.25) is 5.84 Å². The first-order chi connectivity index (χ1) is 9.88. The first kappa shape index (κ1) is 12.9. The lowest BCUT2D eigenvalue weighted by Gasteiger charge is -2.22. The second-order valence-corrected chi connectivity index (χ2v) is 4.75. The van der Waals surface area contributed by atoms with Crippen molar-refractivity contribution in [2.75, 3.05) is 6.61 Å². The fourth-order valence-corrected chi connectivity index (χ4v) is 2.33. The van der Waals surface area contributed by atoms with Crippen LogP contribution in [0.5, 0.6) is 0 Å². The molecule has 1 aliphatic heterocycles. The van der Waals surface area contributed by atoms with E-state index in [9.17, 15) is 0 Å². The summed E-state index contributed by atoms with van der Waals surface area (Å²) in [4.78, 5) is 0. The van der Waals surface area contributed by atoms with Gasteiger partial charge in [-0.25, -0.2) is 10.1 Å². The molecule has 0 saturated carbocycles. The molecule has 104 valence electrons. The fourth-order valence-electron chi connectivity index (χ4n) is 2.33. The Labute approximate surface area is 118 Å². The van der Waals surface area contributed by atoms with Gasteiger partial charge >= 0.3 is 0 Å². The van der Waals surface area contributed by atoms with Gasteiger partial charge in [0.15, 0.2) is 0 Å². The molecule has 1 aliphatic rings. The van der Waals surface area contributed by atoms with Crippen LogP contribution in [-0.4, -0.2) is 16.4 Å². The van der Waals surface area contributed by atoms with Crippen LogP contribution in [-0.2, 0) is 4.74 Å². The summed E-state index contributed by atoms with van der Waals surface area (Å²) in [5.74, 6) is 6.56. The Balaban J connectivity index is 1.86. The molecule has 1 aromatic carbocycles. The predicted octanol–water partition coefficient (Wildman–Crippen LogP) is 2.07. The normalized spacial score (nSPS) is 16.4. The van der Waals surface area contributed by atoms with Crippen LogP contribution in [0.2, 0.25) is 0 Å². The van der Waals surface area contributed by atoms with Crippen LogP contribution in [0.15, 0.2) is 54.6 Å². The van der Waals surface area contributed by atoms with Crippen molar-refractivity contribution in [1.82, 2.24) is 15.2 Å². The zero-order valence-corrected chi connectivity index (χ0v) is 11.2. The Hall–Kier alpha value is -2.11. The summed E-state index contributed by atoms with van der Waals surface area (Å²) < 4.78 is 7.52. The molecule has 5 nitrogen and oxygen atoms in total. The molecule has 1 unspecified atom stereocenters. The second kappa shape index (κ2) is 5.90. The van der Waals surface area contributed by atoms with Crippen LogP contribution in [0.25, 0.3) is 5.69 Å². The van der Waals surface area contributed by atoms with Gasteiger partial charge < -0.3 is 4.74 Å². The van der Waals surface area contributed by atoms with Gasteiger partial charge in [-0.1, -0.05) is 18.2 Å². The summed E-state index contributed by atoms with van der Waals surface area (Å²) in [5, 5.41) is 4.39. The summed E-state index contributed by atoms with van der Waals surface area (Å²) in [6, 6.07) is 9.84. The van der Waals surface area contributed by atoms with Crippen LogP contribution in [0.1, 0.15) is 24.4 Å². The van der Waals surface area contributed by atoms with E-state index in [-0.39, 0.29) is 6.04 Å². The zero-order chi connectivity index (χ0) is 13.8. The number of ether oxygens (including phenoxy) is 1. The quantitative estimate of drug-likeness (QED) is 0.659. The molecule has 0 fully saturated rings. The number of hydrogen-bond acceptors (Lipinski definition) is 4. The molecule has 3 N–H and O–H groups in total. The molecule has 2 aromatic rings. The lowest BCUT2D eigenvalue weighted by Crippen LogP contribution is -2.30. The summed E-state index contributed by atoms with van der Waals surface area (Å²) >= 11 is 0. The molecule has 20 heavy (non-hydrogen) atoms. The second-order valence-electron chi connectivity index (χ2n) is 4.75. The maximum atomic E-state index is 5.68. The van der Waals surface area contributed by atoms with Crippen LogP contribution in [0.3, 0.4) is 0 Å². The van der Waals surface area contributed by atoms with Gasteiger partial charge in [0.1, 0.15) is 11.8 Å². The first-order valence-electron chi connectivity index (χ1n) is 6.77. The highest BCUT2D eigenvalue weighted by Gasteiger charge is 2.20. The molecular formula is C15H18N4O. The highest BCUT2D eigenvalue weighted by molar-refractivity contribution is 5.32. The van der Waals surface area contributed by atoms with Crippen LogP contribution in [0.4, 0.5) is 0 Å². The molecule has 0 bridgehead atoms. The standard InChI is InChI=1S/C15H18N4O/c16-18-15(14-8-4-5-9-20-14)12-10-17-19(11-12)13-6-2-1-3-7-13/h1-3,6-8,10-11,15,18H,4-5,9,16H2. The van der Waals surface area contributed by atoms with Gasteiger partial charge in [0.05, 0.1) is 18.5 Å². The zero-order valence-electron chi connectivity index (χ0n) is 11.2. The predicted molar refractivity (Wildman–Crippen MR) is 76.9 cm³/mol. The summed E-state index contributed by atoms with van der Waals surface area (Å²) in [6.07, 6.45) is 7.97. The minimum atomic E-state index is -0.146. The third kappa shape index (κ3) is 2.59. The largest absolute Gasteiger partial charge is 0.496 e. The average molecular weight is 270 g/mol. The SMILES string of the molecule is NNC(C1=CCCCO1)c1cnn(-c2ccccc2)c1. The molecule has 5 heteroatoms. The van der Waals surface area contributed by atoms with Gasteiger partial charge in [0.25, 0.3) is 0 Å². The van der Waals surface area contributed by atoms with E-state index in [1.807, 2.05) is 47.4 Å². The number of benzene rings is 1. The van der Waals surface area contributed by atoms with Gasteiger partial charge in [0, 0.05) is 11.8 Å². The van der Waals surface area contributed by atoms with Gasteiger partial charge in [0.2, 0.25) is 0 Å². The Morgan fingerprint density at radius 2 is 2.15 bits per heavy atom. The maximum absolute atomic E-state index is 5.68. The van der Waals surface area contributed by atoms with E-state index in [1.54, 1.807) is 0 Å². The Morgan fingerprint density at radius 1 is 1.30 bits per heavy atom. The van der Waals surface area contributed by atoms with E-state index in [1.165, 1.54) is 0 Å².